The van der Waals surface area contributed by atoms with Gasteiger partial charge in [-0.25, -0.2) is 0 Å². The fourth-order valence-electron chi connectivity index (χ4n) is 3.23. The Morgan fingerprint density at radius 1 is 1.30 bits per heavy atom. The third-order valence-electron chi connectivity index (χ3n) is 4.90. The van der Waals surface area contributed by atoms with Gasteiger partial charge in [0.25, 0.3) is 11.5 Å². The average Bonchev–Trinajstić information content (AvgIpc) is 2.70. The van der Waals surface area contributed by atoms with Crippen LogP contribution in [0.15, 0.2) is 29.1 Å². The van der Waals surface area contributed by atoms with Gasteiger partial charge in [-0.2, -0.15) is 4.98 Å². The van der Waals surface area contributed by atoms with Crippen LogP contribution in [-0.4, -0.2) is 54.5 Å². The molecule has 0 aliphatic carbocycles. The van der Waals surface area contributed by atoms with Crippen molar-refractivity contribution < 1.29 is 9.59 Å². The fourth-order valence-corrected chi connectivity index (χ4v) is 3.23. The van der Waals surface area contributed by atoms with E-state index in [4.69, 9.17) is 11.5 Å². The second kappa shape index (κ2) is 9.16. The molecule has 2 heterocycles. The molecule has 0 saturated heterocycles. The number of rotatable bonds is 8. The van der Waals surface area contributed by atoms with Crippen LogP contribution in [0, 0.1) is 0 Å². The molecule has 11 nitrogen and oxygen atoms in total. The Bertz CT molecular complexity index is 973. The number of aromatic amines is 1. The van der Waals surface area contributed by atoms with Crippen molar-refractivity contribution in [3.63, 3.8) is 0 Å². The lowest BCUT2D eigenvalue weighted by Crippen LogP contribution is -2.48. The zero-order valence-electron chi connectivity index (χ0n) is 16.7. The molecule has 0 radical (unpaired) electrons. The number of nitrogens with one attached hydrogen (secondary N) is 4. The molecule has 0 spiro atoms. The molecular weight excluding hydrogens is 388 g/mol. The van der Waals surface area contributed by atoms with Crippen molar-refractivity contribution in [3.8, 4) is 0 Å². The van der Waals surface area contributed by atoms with Crippen molar-refractivity contribution in [3.05, 3.63) is 40.2 Å². The Labute approximate surface area is 173 Å². The maximum absolute atomic E-state index is 12.2. The SMILES string of the molecule is CN1c2c([nH]c(N)nc2=O)NCC1CNc1ccc(C(=O)NCCCC(N)=O)cc1. The Kier molecular flexibility index (Phi) is 6.40. The van der Waals surface area contributed by atoms with E-state index in [2.05, 4.69) is 25.9 Å². The number of nitrogens with zero attached hydrogens (tertiary/aromatic N) is 2. The molecule has 0 fully saturated rings. The largest absolute Gasteiger partial charge is 0.383 e. The molecule has 0 bridgehead atoms. The highest BCUT2D eigenvalue weighted by molar-refractivity contribution is 5.94. The highest BCUT2D eigenvalue weighted by Crippen LogP contribution is 2.25. The Morgan fingerprint density at radius 2 is 2.03 bits per heavy atom. The fraction of sp³-hybridized carbons (Fsp3) is 0.368. The van der Waals surface area contributed by atoms with Gasteiger partial charge in [0.15, 0.2) is 0 Å². The number of H-pyrrole nitrogens is 1. The monoisotopic (exact) mass is 414 g/mol. The number of likely N-dealkylation sites (N-methyl/N-ethyl adjacent to an activating group) is 1. The minimum atomic E-state index is -0.382. The first-order valence-corrected chi connectivity index (χ1v) is 9.62. The lowest BCUT2D eigenvalue weighted by atomic mass is 10.1. The quantitative estimate of drug-likeness (QED) is 0.319. The summed E-state index contributed by atoms with van der Waals surface area (Å²) in [4.78, 5) is 43.5. The summed E-state index contributed by atoms with van der Waals surface area (Å²) in [6.07, 6.45) is 0.755. The lowest BCUT2D eigenvalue weighted by Gasteiger charge is -2.35. The van der Waals surface area contributed by atoms with E-state index in [-0.39, 0.29) is 35.8 Å². The van der Waals surface area contributed by atoms with Gasteiger partial charge in [0.2, 0.25) is 11.9 Å². The first kappa shape index (κ1) is 21.0. The van der Waals surface area contributed by atoms with Crippen molar-refractivity contribution in [2.24, 2.45) is 5.73 Å². The molecule has 2 aromatic rings. The summed E-state index contributed by atoms with van der Waals surface area (Å²) in [5, 5.41) is 9.25. The summed E-state index contributed by atoms with van der Waals surface area (Å²) in [5.41, 5.74) is 12.1. The molecule has 3 rings (SSSR count). The third-order valence-corrected chi connectivity index (χ3v) is 4.90. The summed E-state index contributed by atoms with van der Waals surface area (Å²) in [5.74, 6) is 0.0579. The van der Waals surface area contributed by atoms with E-state index in [1.54, 1.807) is 12.1 Å². The summed E-state index contributed by atoms with van der Waals surface area (Å²) >= 11 is 0. The topological polar surface area (TPSA) is 171 Å². The number of fused-ring (bicyclic) bond motifs is 1. The van der Waals surface area contributed by atoms with Crippen LogP contribution >= 0.6 is 0 Å². The van der Waals surface area contributed by atoms with Crippen molar-refractivity contribution in [2.45, 2.75) is 18.9 Å². The molecule has 1 atom stereocenters. The van der Waals surface area contributed by atoms with Gasteiger partial charge >= 0.3 is 0 Å². The predicted molar refractivity (Wildman–Crippen MR) is 116 cm³/mol. The average molecular weight is 414 g/mol. The molecule has 8 N–H and O–H groups in total. The second-order valence-electron chi connectivity index (χ2n) is 7.08. The smallest absolute Gasteiger partial charge is 0.300 e. The number of amides is 2. The van der Waals surface area contributed by atoms with Gasteiger partial charge in [0.05, 0.1) is 6.04 Å². The van der Waals surface area contributed by atoms with Gasteiger partial charge in [-0.05, 0) is 30.7 Å². The van der Waals surface area contributed by atoms with E-state index in [1.165, 1.54) is 0 Å². The Morgan fingerprint density at radius 3 is 2.73 bits per heavy atom. The zero-order valence-corrected chi connectivity index (χ0v) is 16.7. The lowest BCUT2D eigenvalue weighted by molar-refractivity contribution is -0.118. The molecule has 0 saturated carbocycles. The molecular formula is C19H26N8O3. The molecule has 160 valence electrons. The van der Waals surface area contributed by atoms with Crippen molar-refractivity contribution in [2.75, 3.05) is 47.9 Å². The number of hydrogen-bond acceptors (Lipinski definition) is 8. The maximum atomic E-state index is 12.2. The number of benzene rings is 1. The number of carbonyl (C=O) groups excluding carboxylic acids is 2. The molecule has 1 unspecified atom stereocenters. The number of primary amides is 1. The van der Waals surface area contributed by atoms with Crippen molar-refractivity contribution in [1.29, 1.82) is 0 Å². The van der Waals surface area contributed by atoms with Crippen LogP contribution in [0.3, 0.4) is 0 Å². The van der Waals surface area contributed by atoms with E-state index in [1.807, 2.05) is 24.1 Å². The molecule has 1 aromatic heterocycles. The number of nitrogens with two attached hydrogens (primary N) is 2. The number of hydrogen-bond donors (Lipinski definition) is 6. The highest BCUT2D eigenvalue weighted by Gasteiger charge is 2.26. The van der Waals surface area contributed by atoms with Crippen LogP contribution < -0.4 is 37.9 Å². The van der Waals surface area contributed by atoms with Crippen LogP contribution in [0.4, 0.5) is 23.1 Å². The van der Waals surface area contributed by atoms with Crippen LogP contribution in [0.2, 0.25) is 0 Å². The molecule has 2 amide bonds. The van der Waals surface area contributed by atoms with E-state index < -0.39 is 0 Å². The van der Waals surface area contributed by atoms with E-state index >= 15 is 0 Å². The minimum Gasteiger partial charge on any atom is -0.383 e. The van der Waals surface area contributed by atoms with Crippen molar-refractivity contribution >= 4 is 35.0 Å². The normalized spacial score (nSPS) is 15.1. The molecule has 1 aromatic carbocycles. The predicted octanol–water partition coefficient (Wildman–Crippen LogP) is -0.310. The summed E-state index contributed by atoms with van der Waals surface area (Å²) in [6.45, 7) is 1.58. The summed E-state index contributed by atoms with van der Waals surface area (Å²) in [7, 11) is 1.84. The number of carbonyl (C=O) groups is 2. The molecule has 1 aliphatic rings. The van der Waals surface area contributed by atoms with E-state index in [0.717, 1.165) is 5.69 Å². The van der Waals surface area contributed by atoms with E-state index in [0.29, 0.717) is 43.1 Å². The van der Waals surface area contributed by atoms with Gasteiger partial charge in [0.1, 0.15) is 11.5 Å². The second-order valence-corrected chi connectivity index (χ2v) is 7.08. The third kappa shape index (κ3) is 4.99. The Balaban J connectivity index is 1.53. The van der Waals surface area contributed by atoms with Gasteiger partial charge in [0, 0.05) is 44.4 Å². The molecule has 30 heavy (non-hydrogen) atoms. The number of aromatic nitrogens is 2. The summed E-state index contributed by atoms with van der Waals surface area (Å²) in [6, 6.07) is 7.09. The minimum absolute atomic E-state index is 0.0113. The highest BCUT2D eigenvalue weighted by atomic mass is 16.2. The first-order valence-electron chi connectivity index (χ1n) is 9.62. The summed E-state index contributed by atoms with van der Waals surface area (Å²) < 4.78 is 0. The standard InChI is InChI=1S/C19H26N8O3/c1-27-13(10-24-16-15(27)18(30)26-19(21)25-16)9-23-12-6-4-11(5-7-12)17(29)22-8-2-3-14(20)28/h4-7,13,23H,2-3,8-10H2,1H3,(H2,20,28)(H,22,29)(H4,21,24,25,26,30). The maximum Gasteiger partial charge on any atom is 0.300 e. The van der Waals surface area contributed by atoms with Crippen molar-refractivity contribution in [1.82, 2.24) is 15.3 Å². The van der Waals surface area contributed by atoms with Gasteiger partial charge in [-0.1, -0.05) is 0 Å². The van der Waals surface area contributed by atoms with Gasteiger partial charge < -0.3 is 37.3 Å². The first-order chi connectivity index (χ1) is 14.3. The van der Waals surface area contributed by atoms with Crippen LogP contribution in [0.1, 0.15) is 23.2 Å². The van der Waals surface area contributed by atoms with E-state index in [9.17, 15) is 14.4 Å². The Hall–Kier alpha value is -3.76. The van der Waals surface area contributed by atoms with Crippen LogP contribution in [-0.2, 0) is 4.79 Å². The number of nitrogen functional groups attached to an aromatic ring is 1. The van der Waals surface area contributed by atoms with Crippen LogP contribution in [0.5, 0.6) is 0 Å². The van der Waals surface area contributed by atoms with Crippen LogP contribution in [0.25, 0.3) is 0 Å². The van der Waals surface area contributed by atoms with Gasteiger partial charge in [-0.3, -0.25) is 14.4 Å². The zero-order chi connectivity index (χ0) is 21.7. The molecule has 11 heteroatoms. The van der Waals surface area contributed by atoms with Gasteiger partial charge in [-0.15, -0.1) is 0 Å². The number of anilines is 4. The molecule has 1 aliphatic heterocycles.